The number of nitrogen functional groups attached to an aromatic ring is 1. The molecule has 0 amide bonds. The molecule has 1 saturated heterocycles. The molecular formula is C11H17N3O2S. The second-order valence-electron chi connectivity index (χ2n) is 4.38. The summed E-state index contributed by atoms with van der Waals surface area (Å²) in [6.45, 7) is 1.73. The summed E-state index contributed by atoms with van der Waals surface area (Å²) in [5.41, 5.74) is 7.55. The van der Waals surface area contributed by atoms with E-state index in [1.165, 1.54) is 0 Å². The second-order valence-corrected chi connectivity index (χ2v) is 5.41. The van der Waals surface area contributed by atoms with Crippen LogP contribution in [0.4, 0.5) is 11.4 Å². The maximum absolute atomic E-state index is 10.7. The standard InChI is InChI=1S/C11H17N3O2S/c12-10-7-13-4-1-11(10)14-5-2-9(3-6-14)8-17(15)16/h1,4,7,9,17H,2-3,5-6,8,12H2. The lowest BCUT2D eigenvalue weighted by molar-refractivity contribution is 0.438. The molecule has 0 spiro atoms. The number of hydrogen-bond donors (Lipinski definition) is 2. The van der Waals surface area contributed by atoms with Crippen LogP contribution in [0.2, 0.25) is 0 Å². The summed E-state index contributed by atoms with van der Waals surface area (Å²) < 4.78 is 21.3. The SMILES string of the molecule is Nc1cnccc1N1CCC(C[SH](=O)=O)CC1. The van der Waals surface area contributed by atoms with Crippen molar-refractivity contribution in [3.8, 4) is 0 Å². The Balaban J connectivity index is 1.97. The highest BCUT2D eigenvalue weighted by molar-refractivity contribution is 7.72. The number of nitrogens with two attached hydrogens (primary N) is 1. The summed E-state index contributed by atoms with van der Waals surface area (Å²) in [6.07, 6.45) is 5.19. The quantitative estimate of drug-likeness (QED) is 0.769. The van der Waals surface area contributed by atoms with Gasteiger partial charge in [0.25, 0.3) is 0 Å². The average molecular weight is 255 g/mol. The van der Waals surface area contributed by atoms with Crippen LogP contribution in [0.15, 0.2) is 18.5 Å². The van der Waals surface area contributed by atoms with Crippen LogP contribution >= 0.6 is 0 Å². The zero-order chi connectivity index (χ0) is 12.3. The Morgan fingerprint density at radius 2 is 2.12 bits per heavy atom. The number of rotatable bonds is 3. The van der Waals surface area contributed by atoms with E-state index in [-0.39, 0.29) is 0 Å². The Bertz CT molecular complexity index is 446. The molecule has 94 valence electrons. The van der Waals surface area contributed by atoms with E-state index < -0.39 is 10.7 Å². The van der Waals surface area contributed by atoms with Gasteiger partial charge in [0.2, 0.25) is 0 Å². The maximum atomic E-state index is 10.7. The highest BCUT2D eigenvalue weighted by atomic mass is 32.2. The smallest absolute Gasteiger partial charge is 0.140 e. The summed E-state index contributed by atoms with van der Waals surface area (Å²) in [6, 6.07) is 1.91. The molecule has 0 unspecified atom stereocenters. The Morgan fingerprint density at radius 3 is 2.71 bits per heavy atom. The van der Waals surface area contributed by atoms with Crippen LogP contribution < -0.4 is 10.6 Å². The normalized spacial score (nSPS) is 17.6. The Morgan fingerprint density at radius 1 is 1.41 bits per heavy atom. The number of aromatic nitrogens is 1. The lowest BCUT2D eigenvalue weighted by Crippen LogP contribution is -2.35. The molecule has 0 atom stereocenters. The molecule has 6 heteroatoms. The van der Waals surface area contributed by atoms with Crippen molar-refractivity contribution in [1.29, 1.82) is 0 Å². The van der Waals surface area contributed by atoms with Gasteiger partial charge in [-0.05, 0) is 24.8 Å². The summed E-state index contributed by atoms with van der Waals surface area (Å²) in [5, 5.41) is 0. The van der Waals surface area contributed by atoms with Crippen molar-refractivity contribution >= 4 is 22.1 Å². The zero-order valence-corrected chi connectivity index (χ0v) is 10.5. The van der Waals surface area contributed by atoms with Crippen molar-refractivity contribution in [3.05, 3.63) is 18.5 Å². The number of hydrogen-bond acceptors (Lipinski definition) is 5. The fraction of sp³-hybridized carbons (Fsp3) is 0.545. The third kappa shape index (κ3) is 3.09. The van der Waals surface area contributed by atoms with Gasteiger partial charge in [-0.2, -0.15) is 0 Å². The van der Waals surface area contributed by atoms with E-state index in [1.807, 2.05) is 6.07 Å². The highest BCUT2D eigenvalue weighted by Crippen LogP contribution is 2.27. The molecule has 2 rings (SSSR count). The largest absolute Gasteiger partial charge is 0.396 e. The minimum atomic E-state index is -2.25. The predicted octanol–water partition coefficient (Wildman–Crippen LogP) is 0.492. The van der Waals surface area contributed by atoms with Crippen molar-refractivity contribution in [1.82, 2.24) is 4.98 Å². The van der Waals surface area contributed by atoms with E-state index in [9.17, 15) is 8.42 Å². The summed E-state index contributed by atoms with van der Waals surface area (Å²) >= 11 is 0. The van der Waals surface area contributed by atoms with Gasteiger partial charge in [-0.1, -0.05) is 0 Å². The van der Waals surface area contributed by atoms with E-state index in [0.29, 0.717) is 17.4 Å². The van der Waals surface area contributed by atoms with Crippen molar-refractivity contribution < 1.29 is 8.42 Å². The van der Waals surface area contributed by atoms with Gasteiger partial charge in [-0.3, -0.25) is 4.98 Å². The van der Waals surface area contributed by atoms with E-state index >= 15 is 0 Å². The van der Waals surface area contributed by atoms with Gasteiger partial charge in [0, 0.05) is 19.3 Å². The molecule has 1 aromatic heterocycles. The Kier molecular flexibility index (Phi) is 3.83. The van der Waals surface area contributed by atoms with Crippen LogP contribution in [0, 0.1) is 5.92 Å². The highest BCUT2D eigenvalue weighted by Gasteiger charge is 2.20. The summed E-state index contributed by atoms with van der Waals surface area (Å²) in [4.78, 5) is 6.16. The summed E-state index contributed by atoms with van der Waals surface area (Å²) in [5.74, 6) is 0.616. The number of thiol groups is 1. The molecule has 0 aromatic carbocycles. The second kappa shape index (κ2) is 5.35. The van der Waals surface area contributed by atoms with Gasteiger partial charge in [0.05, 0.1) is 23.3 Å². The first kappa shape index (κ1) is 12.2. The van der Waals surface area contributed by atoms with Crippen molar-refractivity contribution in [3.63, 3.8) is 0 Å². The molecule has 5 nitrogen and oxygen atoms in total. The molecule has 0 saturated carbocycles. The molecule has 2 heterocycles. The molecular weight excluding hydrogens is 238 g/mol. The first-order valence-corrected chi connectivity index (χ1v) is 7.09. The van der Waals surface area contributed by atoms with Crippen LogP contribution in [0.3, 0.4) is 0 Å². The Labute approximate surface area is 103 Å². The monoisotopic (exact) mass is 255 g/mol. The maximum Gasteiger partial charge on any atom is 0.140 e. The predicted molar refractivity (Wildman–Crippen MR) is 68.8 cm³/mol. The molecule has 1 aliphatic heterocycles. The van der Waals surface area contributed by atoms with Gasteiger partial charge in [0.15, 0.2) is 0 Å². The van der Waals surface area contributed by atoms with Crippen LogP contribution in [-0.4, -0.2) is 32.2 Å². The topological polar surface area (TPSA) is 76.3 Å². The molecule has 1 fully saturated rings. The van der Waals surface area contributed by atoms with Gasteiger partial charge in [0.1, 0.15) is 10.7 Å². The summed E-state index contributed by atoms with van der Waals surface area (Å²) in [7, 11) is -2.25. The van der Waals surface area contributed by atoms with Crippen LogP contribution in [-0.2, 0) is 10.7 Å². The number of anilines is 2. The molecule has 0 bridgehead atoms. The molecule has 17 heavy (non-hydrogen) atoms. The van der Waals surface area contributed by atoms with Gasteiger partial charge < -0.3 is 10.6 Å². The van der Waals surface area contributed by atoms with E-state index in [2.05, 4.69) is 9.88 Å². The first-order valence-electron chi connectivity index (χ1n) is 5.73. The van der Waals surface area contributed by atoms with Gasteiger partial charge in [-0.15, -0.1) is 0 Å². The van der Waals surface area contributed by atoms with Gasteiger partial charge >= 0.3 is 0 Å². The molecule has 2 N–H and O–H groups in total. The Hall–Kier alpha value is -1.30. The first-order chi connectivity index (χ1) is 8.16. The minimum absolute atomic E-state index is 0.301. The minimum Gasteiger partial charge on any atom is -0.396 e. The van der Waals surface area contributed by atoms with E-state index in [4.69, 9.17) is 5.73 Å². The van der Waals surface area contributed by atoms with Gasteiger partial charge in [-0.25, -0.2) is 8.42 Å². The third-order valence-corrected chi connectivity index (χ3v) is 4.00. The molecule has 1 aromatic rings. The fourth-order valence-electron chi connectivity index (χ4n) is 2.25. The van der Waals surface area contributed by atoms with Crippen LogP contribution in [0.25, 0.3) is 0 Å². The zero-order valence-electron chi connectivity index (χ0n) is 9.58. The van der Waals surface area contributed by atoms with Crippen molar-refractivity contribution in [2.24, 2.45) is 5.92 Å². The molecule has 0 aliphatic carbocycles. The van der Waals surface area contributed by atoms with Crippen molar-refractivity contribution in [2.45, 2.75) is 12.8 Å². The number of nitrogens with zero attached hydrogens (tertiary/aromatic N) is 2. The molecule has 0 radical (unpaired) electrons. The van der Waals surface area contributed by atoms with Crippen LogP contribution in [0.5, 0.6) is 0 Å². The number of pyridine rings is 1. The lowest BCUT2D eigenvalue weighted by atomic mass is 9.98. The van der Waals surface area contributed by atoms with Crippen LogP contribution in [0.1, 0.15) is 12.8 Å². The average Bonchev–Trinajstić information content (AvgIpc) is 2.30. The molecule has 1 aliphatic rings. The van der Waals surface area contributed by atoms with Crippen molar-refractivity contribution in [2.75, 3.05) is 29.5 Å². The fourth-order valence-corrected chi connectivity index (χ4v) is 3.04. The van der Waals surface area contributed by atoms with E-state index in [0.717, 1.165) is 31.6 Å². The third-order valence-electron chi connectivity index (χ3n) is 3.19. The number of piperidine rings is 1. The lowest BCUT2D eigenvalue weighted by Gasteiger charge is -2.33. The van der Waals surface area contributed by atoms with E-state index in [1.54, 1.807) is 12.4 Å².